The van der Waals surface area contributed by atoms with Crippen LogP contribution < -0.4 is 4.74 Å². The van der Waals surface area contributed by atoms with Crippen molar-refractivity contribution in [3.05, 3.63) is 74.7 Å². The smallest absolute Gasteiger partial charge is 0.269 e. The Morgan fingerprint density at radius 3 is 2.28 bits per heavy atom. The summed E-state index contributed by atoms with van der Waals surface area (Å²) in [5.41, 5.74) is 0.794. The molecule has 0 saturated heterocycles. The maximum Gasteiger partial charge on any atom is 0.269 e. The summed E-state index contributed by atoms with van der Waals surface area (Å²) < 4.78 is 29.9. The Morgan fingerprint density at radius 1 is 1.20 bits per heavy atom. The van der Waals surface area contributed by atoms with Crippen molar-refractivity contribution in [1.29, 1.82) is 5.26 Å². The Bertz CT molecular complexity index is 940. The van der Waals surface area contributed by atoms with Gasteiger partial charge in [0.05, 0.1) is 17.8 Å². The number of sulfone groups is 1. The predicted octanol–water partition coefficient (Wildman–Crippen LogP) is 3.08. The van der Waals surface area contributed by atoms with Gasteiger partial charge in [0.25, 0.3) is 5.69 Å². The minimum Gasteiger partial charge on any atom is -0.497 e. The average molecular weight is 358 g/mol. The number of methoxy groups -OCH3 is 1. The highest BCUT2D eigenvalue weighted by molar-refractivity contribution is 7.95. The summed E-state index contributed by atoms with van der Waals surface area (Å²) in [6, 6.07) is 13.4. The molecule has 2 aromatic carbocycles. The maximum atomic E-state index is 12.4. The zero-order valence-electron chi connectivity index (χ0n) is 13.2. The first-order chi connectivity index (χ1) is 11.9. The van der Waals surface area contributed by atoms with Gasteiger partial charge in [0, 0.05) is 12.1 Å². The molecule has 0 spiro atoms. The third kappa shape index (κ3) is 4.65. The van der Waals surface area contributed by atoms with Crippen molar-refractivity contribution >= 4 is 21.6 Å². The molecular weight excluding hydrogens is 344 g/mol. The summed E-state index contributed by atoms with van der Waals surface area (Å²) in [5.74, 6) is 0.270. The number of hydrogen-bond acceptors (Lipinski definition) is 6. The normalized spacial score (nSPS) is 11.6. The van der Waals surface area contributed by atoms with Crippen LogP contribution in [0, 0.1) is 21.4 Å². The van der Waals surface area contributed by atoms with E-state index in [9.17, 15) is 23.8 Å². The van der Waals surface area contributed by atoms with Gasteiger partial charge in [-0.3, -0.25) is 10.1 Å². The number of rotatable bonds is 6. The summed E-state index contributed by atoms with van der Waals surface area (Å²) in [6.45, 7) is 0. The Balaban J connectivity index is 2.27. The van der Waals surface area contributed by atoms with Crippen LogP contribution in [0.25, 0.3) is 6.08 Å². The van der Waals surface area contributed by atoms with Gasteiger partial charge in [-0.1, -0.05) is 12.1 Å². The molecule has 0 unspecified atom stereocenters. The van der Waals surface area contributed by atoms with Gasteiger partial charge in [0.1, 0.15) is 16.7 Å². The highest BCUT2D eigenvalue weighted by atomic mass is 32.2. The van der Waals surface area contributed by atoms with E-state index in [-0.39, 0.29) is 11.4 Å². The van der Waals surface area contributed by atoms with Crippen LogP contribution in [0.3, 0.4) is 0 Å². The second kappa shape index (κ2) is 7.59. The number of nitro benzene ring substituents is 1. The third-order valence-corrected chi connectivity index (χ3v) is 4.96. The summed E-state index contributed by atoms with van der Waals surface area (Å²) in [4.78, 5) is 9.67. The number of hydrogen-bond donors (Lipinski definition) is 0. The summed E-state index contributed by atoms with van der Waals surface area (Å²) in [7, 11) is -2.34. The number of nitro groups is 1. The zero-order chi connectivity index (χ0) is 18.4. The number of allylic oxidation sites excluding steroid dienone is 1. The van der Waals surface area contributed by atoms with Crippen LogP contribution in [0.1, 0.15) is 11.1 Å². The van der Waals surface area contributed by atoms with Gasteiger partial charge in [0.2, 0.25) is 0 Å². The van der Waals surface area contributed by atoms with Crippen LogP contribution in [0.2, 0.25) is 0 Å². The third-order valence-electron chi connectivity index (χ3n) is 3.36. The van der Waals surface area contributed by atoms with Gasteiger partial charge in [-0.2, -0.15) is 5.26 Å². The molecule has 8 heteroatoms. The molecule has 0 atom stereocenters. The number of nitriles is 1. The van der Waals surface area contributed by atoms with Gasteiger partial charge >= 0.3 is 0 Å². The van der Waals surface area contributed by atoms with Crippen LogP contribution in [0.4, 0.5) is 5.69 Å². The number of nitrogens with zero attached hydrogens (tertiary/aromatic N) is 2. The van der Waals surface area contributed by atoms with E-state index < -0.39 is 19.7 Å². The van der Waals surface area contributed by atoms with Crippen LogP contribution in [-0.2, 0) is 15.6 Å². The van der Waals surface area contributed by atoms with Crippen LogP contribution in [0.5, 0.6) is 5.75 Å². The van der Waals surface area contributed by atoms with Crippen molar-refractivity contribution in [3.8, 4) is 11.8 Å². The fourth-order valence-corrected chi connectivity index (χ4v) is 3.30. The molecule has 7 nitrogen and oxygen atoms in total. The Kier molecular flexibility index (Phi) is 5.52. The molecule has 0 aliphatic rings. The molecule has 0 aliphatic heterocycles. The molecule has 128 valence electrons. The van der Waals surface area contributed by atoms with Gasteiger partial charge in [-0.25, -0.2) is 8.42 Å². The molecule has 0 amide bonds. The summed E-state index contributed by atoms with van der Waals surface area (Å²) >= 11 is 0. The van der Waals surface area contributed by atoms with E-state index in [2.05, 4.69) is 0 Å². The SMILES string of the molecule is COc1ccc(CS(=O)(=O)/C(C#N)=C/c2ccc([N+](=O)[O-])cc2)cc1. The van der Waals surface area contributed by atoms with E-state index in [0.29, 0.717) is 16.9 Å². The van der Waals surface area contributed by atoms with E-state index in [1.54, 1.807) is 30.3 Å². The second-order valence-electron chi connectivity index (χ2n) is 5.08. The number of benzene rings is 2. The largest absolute Gasteiger partial charge is 0.497 e. The zero-order valence-corrected chi connectivity index (χ0v) is 14.1. The molecule has 0 aromatic heterocycles. The van der Waals surface area contributed by atoms with Crippen molar-refractivity contribution in [2.24, 2.45) is 0 Å². The maximum absolute atomic E-state index is 12.4. The molecule has 25 heavy (non-hydrogen) atoms. The van der Waals surface area contributed by atoms with Gasteiger partial charge in [0.15, 0.2) is 9.84 Å². The summed E-state index contributed by atoms with van der Waals surface area (Å²) in [6.07, 6.45) is 1.20. The molecule has 0 N–H and O–H groups in total. The Morgan fingerprint density at radius 2 is 1.80 bits per heavy atom. The Labute approximate surface area is 144 Å². The average Bonchev–Trinajstić information content (AvgIpc) is 2.60. The topological polar surface area (TPSA) is 110 Å². The first-order valence-corrected chi connectivity index (χ1v) is 8.73. The van der Waals surface area contributed by atoms with E-state index in [1.165, 1.54) is 37.5 Å². The first kappa shape index (κ1) is 18.2. The molecular formula is C17H14N2O5S. The van der Waals surface area contributed by atoms with E-state index in [4.69, 9.17) is 4.74 Å². The molecule has 0 saturated carbocycles. The van der Waals surface area contributed by atoms with Crippen molar-refractivity contribution in [2.75, 3.05) is 7.11 Å². The first-order valence-electron chi connectivity index (χ1n) is 7.07. The summed E-state index contributed by atoms with van der Waals surface area (Å²) in [5, 5.41) is 19.8. The lowest BCUT2D eigenvalue weighted by Crippen LogP contribution is -2.06. The molecule has 0 bridgehead atoms. The molecule has 0 fully saturated rings. The lowest BCUT2D eigenvalue weighted by Gasteiger charge is -2.05. The van der Waals surface area contributed by atoms with Gasteiger partial charge < -0.3 is 4.74 Å². The molecule has 2 aromatic rings. The number of ether oxygens (including phenoxy) is 1. The lowest BCUT2D eigenvalue weighted by atomic mass is 10.2. The Hall–Kier alpha value is -3.18. The van der Waals surface area contributed by atoms with Crippen molar-refractivity contribution in [3.63, 3.8) is 0 Å². The fraction of sp³-hybridized carbons (Fsp3) is 0.118. The van der Waals surface area contributed by atoms with E-state index >= 15 is 0 Å². The van der Waals surface area contributed by atoms with E-state index in [1.807, 2.05) is 0 Å². The molecule has 0 aliphatic carbocycles. The molecule has 0 radical (unpaired) electrons. The quantitative estimate of drug-likeness (QED) is 0.446. The monoisotopic (exact) mass is 358 g/mol. The van der Waals surface area contributed by atoms with E-state index in [0.717, 1.165) is 0 Å². The highest BCUT2D eigenvalue weighted by Crippen LogP contribution is 2.20. The standard InChI is InChI=1S/C17H14N2O5S/c1-24-16-8-4-14(5-9-16)12-25(22,23)17(11-18)10-13-2-6-15(7-3-13)19(20)21/h2-10H,12H2,1H3/b17-10+. The predicted molar refractivity (Wildman–Crippen MR) is 92.3 cm³/mol. The van der Waals surface area contributed by atoms with Crippen molar-refractivity contribution in [2.45, 2.75) is 5.75 Å². The highest BCUT2D eigenvalue weighted by Gasteiger charge is 2.19. The van der Waals surface area contributed by atoms with Crippen LogP contribution >= 0.6 is 0 Å². The molecule has 2 rings (SSSR count). The second-order valence-corrected chi connectivity index (χ2v) is 7.03. The lowest BCUT2D eigenvalue weighted by molar-refractivity contribution is -0.384. The van der Waals surface area contributed by atoms with Crippen LogP contribution in [-0.4, -0.2) is 20.5 Å². The van der Waals surface area contributed by atoms with Crippen LogP contribution in [0.15, 0.2) is 53.4 Å². The minimum atomic E-state index is -3.84. The number of non-ortho nitro benzene ring substituents is 1. The molecule has 0 heterocycles. The van der Waals surface area contributed by atoms with Gasteiger partial charge in [-0.05, 0) is 41.5 Å². The fourth-order valence-electron chi connectivity index (χ4n) is 2.05. The minimum absolute atomic E-state index is 0.114. The van der Waals surface area contributed by atoms with Gasteiger partial charge in [-0.15, -0.1) is 0 Å². The van der Waals surface area contributed by atoms with Crippen molar-refractivity contribution in [1.82, 2.24) is 0 Å². The van der Waals surface area contributed by atoms with Crippen molar-refractivity contribution < 1.29 is 18.1 Å².